The molecule has 0 saturated heterocycles. The third-order valence-electron chi connectivity index (χ3n) is 5.39. The normalized spacial score (nSPS) is 14.4. The summed E-state index contributed by atoms with van der Waals surface area (Å²) in [6.45, 7) is 2.36. The lowest BCUT2D eigenvalue weighted by molar-refractivity contribution is -0.151. The van der Waals surface area contributed by atoms with Crippen LogP contribution in [0.4, 0.5) is 8.78 Å². The number of halogens is 2. The molecular formula is C23H22F2N4O3. The zero-order valence-electron chi connectivity index (χ0n) is 17.7. The summed E-state index contributed by atoms with van der Waals surface area (Å²) in [5, 5.41) is 4.01. The van der Waals surface area contributed by atoms with Crippen LogP contribution in [0.25, 0.3) is 16.6 Å². The Balaban J connectivity index is 1.51. The predicted molar refractivity (Wildman–Crippen MR) is 116 cm³/mol. The van der Waals surface area contributed by atoms with E-state index in [1.54, 1.807) is 35.4 Å². The van der Waals surface area contributed by atoms with Gasteiger partial charge in [0.1, 0.15) is 17.0 Å². The average Bonchev–Trinajstić information content (AvgIpc) is 2.81. The van der Waals surface area contributed by atoms with Crippen molar-refractivity contribution in [1.29, 1.82) is 0 Å². The van der Waals surface area contributed by atoms with Gasteiger partial charge in [0, 0.05) is 30.3 Å². The first-order valence-corrected chi connectivity index (χ1v) is 10.2. The van der Waals surface area contributed by atoms with Gasteiger partial charge in [0.15, 0.2) is 5.82 Å². The topological polar surface area (TPSA) is 87.3 Å². The van der Waals surface area contributed by atoms with E-state index in [0.717, 1.165) is 0 Å². The van der Waals surface area contributed by atoms with Gasteiger partial charge in [-0.3, -0.25) is 14.4 Å². The molecule has 0 spiro atoms. The second-order valence-electron chi connectivity index (χ2n) is 7.40. The number of fused-ring (bicyclic) bond motifs is 1. The van der Waals surface area contributed by atoms with Gasteiger partial charge in [0.2, 0.25) is 0 Å². The van der Waals surface area contributed by atoms with Gasteiger partial charge in [-0.15, -0.1) is 0 Å². The van der Waals surface area contributed by atoms with Gasteiger partial charge in [0.25, 0.3) is 11.5 Å². The van der Waals surface area contributed by atoms with Crippen LogP contribution in [0.5, 0.6) is 0 Å². The molecule has 9 heteroatoms. The molecule has 1 amide bonds. The maximum absolute atomic E-state index is 15.0. The van der Waals surface area contributed by atoms with Gasteiger partial charge in [-0.1, -0.05) is 25.1 Å². The Labute approximate surface area is 182 Å². The SMILES string of the molecule is CCc1nc2ccc(CN3CC=C(c4ccc(C(=O)NC)cc4F)CO3)c(F)c2[nH]c1=O. The molecule has 3 aromatic rings. The second-order valence-corrected chi connectivity index (χ2v) is 7.40. The van der Waals surface area contributed by atoms with Crippen molar-refractivity contribution in [3.05, 3.63) is 80.8 Å². The first-order valence-electron chi connectivity index (χ1n) is 10.2. The van der Waals surface area contributed by atoms with Crippen LogP contribution < -0.4 is 10.9 Å². The molecule has 32 heavy (non-hydrogen) atoms. The van der Waals surface area contributed by atoms with Gasteiger partial charge < -0.3 is 10.3 Å². The largest absolute Gasteiger partial charge is 0.355 e. The van der Waals surface area contributed by atoms with Gasteiger partial charge >= 0.3 is 0 Å². The van der Waals surface area contributed by atoms with Crippen LogP contribution in [0, 0.1) is 11.6 Å². The fraction of sp³-hybridized carbons (Fsp3) is 0.261. The number of H-pyrrole nitrogens is 1. The summed E-state index contributed by atoms with van der Waals surface area (Å²) in [6, 6.07) is 7.56. The third kappa shape index (κ3) is 4.17. The number of amides is 1. The van der Waals surface area contributed by atoms with E-state index in [4.69, 9.17) is 4.84 Å². The Morgan fingerprint density at radius 3 is 2.75 bits per heavy atom. The van der Waals surface area contributed by atoms with E-state index in [1.807, 2.05) is 6.92 Å². The van der Waals surface area contributed by atoms with E-state index in [-0.39, 0.29) is 30.1 Å². The molecule has 1 aliphatic heterocycles. The monoisotopic (exact) mass is 440 g/mol. The predicted octanol–water partition coefficient (Wildman–Crippen LogP) is 2.95. The first kappa shape index (κ1) is 21.8. The maximum Gasteiger partial charge on any atom is 0.270 e. The van der Waals surface area contributed by atoms with Gasteiger partial charge in [-0.25, -0.2) is 13.8 Å². The Bertz CT molecular complexity index is 1290. The van der Waals surface area contributed by atoms with Crippen molar-refractivity contribution in [1.82, 2.24) is 20.3 Å². The van der Waals surface area contributed by atoms with E-state index in [9.17, 15) is 18.4 Å². The van der Waals surface area contributed by atoms with Crippen LogP contribution in [0.1, 0.15) is 34.1 Å². The molecule has 2 heterocycles. The van der Waals surface area contributed by atoms with Crippen LogP contribution in [0.3, 0.4) is 0 Å². The number of hydroxylamine groups is 2. The summed E-state index contributed by atoms with van der Waals surface area (Å²) in [7, 11) is 1.48. The quantitative estimate of drug-likeness (QED) is 0.637. The minimum absolute atomic E-state index is 0.0659. The molecule has 2 aromatic carbocycles. The van der Waals surface area contributed by atoms with Crippen molar-refractivity contribution in [2.45, 2.75) is 19.9 Å². The number of hydrogen-bond acceptors (Lipinski definition) is 5. The molecule has 0 aliphatic carbocycles. The van der Waals surface area contributed by atoms with Crippen LogP contribution in [0.15, 0.2) is 41.2 Å². The summed E-state index contributed by atoms with van der Waals surface area (Å²) in [6.07, 6.45) is 2.26. The van der Waals surface area contributed by atoms with Crippen molar-refractivity contribution in [2.75, 3.05) is 20.2 Å². The Morgan fingerprint density at radius 1 is 1.28 bits per heavy atom. The zero-order chi connectivity index (χ0) is 22.8. The lowest BCUT2D eigenvalue weighted by Crippen LogP contribution is -2.29. The number of carbonyl (C=O) groups excluding carboxylic acids is 1. The highest BCUT2D eigenvalue weighted by Gasteiger charge is 2.20. The number of nitrogens with one attached hydrogen (secondary N) is 2. The minimum atomic E-state index is -0.552. The molecule has 0 radical (unpaired) electrons. The number of carbonyl (C=O) groups is 1. The number of rotatable bonds is 5. The Hall–Kier alpha value is -3.43. The van der Waals surface area contributed by atoms with Gasteiger partial charge in [-0.2, -0.15) is 5.06 Å². The van der Waals surface area contributed by atoms with Crippen LogP contribution in [-0.4, -0.2) is 41.1 Å². The summed E-state index contributed by atoms with van der Waals surface area (Å²) >= 11 is 0. The highest BCUT2D eigenvalue weighted by Crippen LogP contribution is 2.25. The molecule has 7 nitrogen and oxygen atoms in total. The minimum Gasteiger partial charge on any atom is -0.355 e. The second kappa shape index (κ2) is 8.97. The summed E-state index contributed by atoms with van der Waals surface area (Å²) in [5.74, 6) is -1.43. The Kier molecular flexibility index (Phi) is 6.11. The molecule has 0 unspecified atom stereocenters. The third-order valence-corrected chi connectivity index (χ3v) is 5.39. The van der Waals surface area contributed by atoms with Crippen molar-refractivity contribution in [2.24, 2.45) is 0 Å². The molecule has 1 aliphatic rings. The zero-order valence-corrected chi connectivity index (χ0v) is 17.7. The van der Waals surface area contributed by atoms with Gasteiger partial charge in [-0.05, 0) is 30.2 Å². The molecule has 0 saturated carbocycles. The van der Waals surface area contributed by atoms with E-state index in [2.05, 4.69) is 15.3 Å². The number of benzene rings is 2. The fourth-order valence-electron chi connectivity index (χ4n) is 3.60. The smallest absolute Gasteiger partial charge is 0.270 e. The lowest BCUT2D eigenvalue weighted by atomic mass is 10.0. The van der Waals surface area contributed by atoms with E-state index >= 15 is 0 Å². The summed E-state index contributed by atoms with van der Waals surface area (Å²) < 4.78 is 29.5. The molecular weight excluding hydrogens is 418 g/mol. The van der Waals surface area contributed by atoms with Crippen LogP contribution in [0.2, 0.25) is 0 Å². The highest BCUT2D eigenvalue weighted by atomic mass is 19.1. The van der Waals surface area contributed by atoms with E-state index in [0.29, 0.717) is 40.9 Å². The fourth-order valence-corrected chi connectivity index (χ4v) is 3.60. The average molecular weight is 440 g/mol. The summed E-state index contributed by atoms with van der Waals surface area (Å²) in [4.78, 5) is 36.1. The molecule has 0 atom stereocenters. The number of aromatic amines is 1. The van der Waals surface area contributed by atoms with Crippen molar-refractivity contribution >= 4 is 22.5 Å². The standard InChI is InChI=1S/C23H22F2N4O3/c1-3-18-23(31)28-21-19(27-18)7-5-14(20(21)25)11-29-9-8-15(12-32-29)16-6-4-13(10-17(16)24)22(30)26-2/h4-8,10H,3,9,11-12H2,1-2H3,(H,26,30)(H,28,31). The molecule has 0 bridgehead atoms. The molecule has 166 valence electrons. The van der Waals surface area contributed by atoms with E-state index in [1.165, 1.54) is 13.1 Å². The molecule has 1 aromatic heterocycles. The maximum atomic E-state index is 15.0. The highest BCUT2D eigenvalue weighted by molar-refractivity contribution is 5.94. The van der Waals surface area contributed by atoms with Gasteiger partial charge in [0.05, 0.1) is 18.7 Å². The molecule has 2 N–H and O–H groups in total. The van der Waals surface area contributed by atoms with Crippen molar-refractivity contribution in [3.63, 3.8) is 0 Å². The summed E-state index contributed by atoms with van der Waals surface area (Å²) in [5.41, 5.74) is 1.98. The number of nitrogens with zero attached hydrogens (tertiary/aromatic N) is 2. The van der Waals surface area contributed by atoms with Crippen LogP contribution >= 0.6 is 0 Å². The van der Waals surface area contributed by atoms with Crippen molar-refractivity contribution < 1.29 is 18.4 Å². The van der Waals surface area contributed by atoms with E-state index < -0.39 is 17.2 Å². The first-order chi connectivity index (χ1) is 15.4. The van der Waals surface area contributed by atoms with Crippen molar-refractivity contribution in [3.8, 4) is 0 Å². The lowest BCUT2D eigenvalue weighted by Gasteiger charge is -2.26. The van der Waals surface area contributed by atoms with Crippen LogP contribution in [-0.2, 0) is 17.8 Å². The molecule has 0 fully saturated rings. The number of aryl methyl sites for hydroxylation is 1. The molecule has 4 rings (SSSR count). The number of hydrogen-bond donors (Lipinski definition) is 2. The number of aromatic nitrogens is 2. The Morgan fingerprint density at radius 2 is 2.09 bits per heavy atom.